The number of pyridine rings is 1. The summed E-state index contributed by atoms with van der Waals surface area (Å²) in [6.07, 6.45) is 4.08. The number of nitrogen functional groups attached to an aromatic ring is 1. The van der Waals surface area contributed by atoms with Crippen LogP contribution in [0.25, 0.3) is 0 Å². The van der Waals surface area contributed by atoms with E-state index in [2.05, 4.69) is 10.3 Å². The van der Waals surface area contributed by atoms with Gasteiger partial charge in [0.15, 0.2) is 5.82 Å². The monoisotopic (exact) mass is 239 g/mol. The minimum Gasteiger partial charge on any atom is -0.396 e. The highest BCUT2D eigenvalue weighted by Gasteiger charge is 2.40. The Hall–Kier alpha value is -1.00. The summed E-state index contributed by atoms with van der Waals surface area (Å²) in [7, 11) is 0. The van der Waals surface area contributed by atoms with E-state index in [9.17, 15) is 0 Å². The smallest absolute Gasteiger partial charge is 0.151 e. The first-order valence-corrected chi connectivity index (χ1v) is 5.94. The highest BCUT2D eigenvalue weighted by atomic mass is 35.5. The van der Waals surface area contributed by atoms with Gasteiger partial charge in [0.2, 0.25) is 0 Å². The van der Waals surface area contributed by atoms with Crippen LogP contribution < -0.4 is 11.1 Å². The average molecular weight is 240 g/mol. The number of fused-ring (bicyclic) bond motifs is 2. The van der Waals surface area contributed by atoms with E-state index in [0.29, 0.717) is 34.9 Å². The maximum Gasteiger partial charge on any atom is 0.151 e. The fourth-order valence-corrected chi connectivity index (χ4v) is 2.67. The number of hydrogen-bond donors (Lipinski definition) is 2. The van der Waals surface area contributed by atoms with Crippen LogP contribution in [0.1, 0.15) is 19.3 Å². The van der Waals surface area contributed by atoms with Crippen molar-refractivity contribution in [3.05, 3.63) is 17.3 Å². The molecule has 0 saturated carbocycles. The number of aromatic nitrogens is 1. The molecule has 86 valence electrons. The summed E-state index contributed by atoms with van der Waals surface area (Å²) in [6, 6.07) is 3.79. The minimum atomic E-state index is 0.310. The number of nitrogens with zero attached hydrogens (tertiary/aromatic N) is 1. The molecule has 1 aromatic rings. The third-order valence-corrected chi connectivity index (χ3v) is 3.53. The molecular weight excluding hydrogens is 226 g/mol. The molecule has 0 radical (unpaired) electrons. The van der Waals surface area contributed by atoms with Gasteiger partial charge in [-0.15, -0.1) is 0 Å². The topological polar surface area (TPSA) is 60.2 Å². The van der Waals surface area contributed by atoms with Crippen molar-refractivity contribution in [2.45, 2.75) is 37.5 Å². The van der Waals surface area contributed by atoms with E-state index in [1.807, 2.05) is 0 Å². The normalized spacial score (nSPS) is 31.9. The first kappa shape index (κ1) is 10.2. The lowest BCUT2D eigenvalue weighted by Crippen LogP contribution is -2.31. The zero-order valence-electron chi connectivity index (χ0n) is 8.82. The first-order chi connectivity index (χ1) is 7.72. The van der Waals surface area contributed by atoms with Crippen molar-refractivity contribution in [3.63, 3.8) is 0 Å². The molecule has 2 bridgehead atoms. The maximum absolute atomic E-state index is 5.84. The number of nitrogens with two attached hydrogens (primary N) is 1. The fourth-order valence-electron chi connectivity index (χ4n) is 2.53. The van der Waals surface area contributed by atoms with Crippen LogP contribution in [-0.2, 0) is 4.74 Å². The number of ether oxygens (including phenoxy) is 1. The number of hydrogen-bond acceptors (Lipinski definition) is 4. The summed E-state index contributed by atoms with van der Waals surface area (Å²) in [5.41, 5.74) is 6.47. The summed E-state index contributed by atoms with van der Waals surface area (Å²) < 4.78 is 5.76. The van der Waals surface area contributed by atoms with E-state index < -0.39 is 0 Å². The minimum absolute atomic E-state index is 0.310. The second kappa shape index (κ2) is 3.79. The van der Waals surface area contributed by atoms with Crippen LogP contribution in [0.15, 0.2) is 12.1 Å². The molecule has 3 unspecified atom stereocenters. The summed E-state index contributed by atoms with van der Waals surface area (Å²) in [6.45, 7) is 0. The summed E-state index contributed by atoms with van der Waals surface area (Å²) in [5.74, 6) is 0.675. The molecule has 2 saturated heterocycles. The molecule has 1 aromatic heterocycles. The van der Waals surface area contributed by atoms with E-state index in [0.717, 1.165) is 12.8 Å². The van der Waals surface area contributed by atoms with Gasteiger partial charge in [-0.2, -0.15) is 0 Å². The second-order valence-electron chi connectivity index (χ2n) is 4.43. The lowest BCUT2D eigenvalue weighted by atomic mass is 9.95. The van der Waals surface area contributed by atoms with Gasteiger partial charge in [0.1, 0.15) is 5.15 Å². The molecule has 5 heteroatoms. The highest BCUT2D eigenvalue weighted by molar-refractivity contribution is 6.29. The van der Waals surface area contributed by atoms with Gasteiger partial charge in [0.05, 0.1) is 23.9 Å². The lowest BCUT2D eigenvalue weighted by Gasteiger charge is -2.21. The van der Waals surface area contributed by atoms with Crippen molar-refractivity contribution >= 4 is 23.1 Å². The largest absolute Gasteiger partial charge is 0.396 e. The summed E-state index contributed by atoms with van der Waals surface area (Å²) >= 11 is 5.84. The van der Waals surface area contributed by atoms with E-state index in [4.69, 9.17) is 22.1 Å². The van der Waals surface area contributed by atoms with E-state index in [1.165, 1.54) is 6.42 Å². The van der Waals surface area contributed by atoms with E-state index in [-0.39, 0.29) is 0 Å². The molecule has 3 atom stereocenters. The Labute approximate surface area is 99.1 Å². The van der Waals surface area contributed by atoms with Gasteiger partial charge in [-0.1, -0.05) is 11.6 Å². The lowest BCUT2D eigenvalue weighted by molar-refractivity contribution is 0.102. The van der Waals surface area contributed by atoms with Crippen molar-refractivity contribution in [3.8, 4) is 0 Å². The van der Waals surface area contributed by atoms with Gasteiger partial charge in [0, 0.05) is 0 Å². The van der Waals surface area contributed by atoms with Gasteiger partial charge >= 0.3 is 0 Å². The maximum atomic E-state index is 5.84. The Bertz CT molecular complexity index is 412. The van der Waals surface area contributed by atoms with Crippen molar-refractivity contribution in [2.24, 2.45) is 0 Å². The number of halogens is 1. The summed E-state index contributed by atoms with van der Waals surface area (Å²) in [5, 5.41) is 3.79. The van der Waals surface area contributed by atoms with Crippen LogP contribution in [0.4, 0.5) is 11.5 Å². The van der Waals surface area contributed by atoms with Crippen molar-refractivity contribution in [2.75, 3.05) is 11.1 Å². The number of nitrogens with one attached hydrogen (secondary N) is 1. The highest BCUT2D eigenvalue weighted by Crippen LogP contribution is 2.36. The van der Waals surface area contributed by atoms with Crippen LogP contribution in [0.2, 0.25) is 5.15 Å². The molecule has 0 spiro atoms. The second-order valence-corrected chi connectivity index (χ2v) is 4.82. The Morgan fingerprint density at radius 3 is 3.00 bits per heavy atom. The average Bonchev–Trinajstić information content (AvgIpc) is 2.85. The van der Waals surface area contributed by atoms with Crippen LogP contribution in [0, 0.1) is 0 Å². The molecule has 2 aliphatic heterocycles. The quantitative estimate of drug-likeness (QED) is 0.776. The fraction of sp³-hybridized carbons (Fsp3) is 0.545. The molecular formula is C11H14ClN3O. The third kappa shape index (κ3) is 1.72. The molecule has 16 heavy (non-hydrogen) atoms. The Balaban J connectivity index is 1.76. The Morgan fingerprint density at radius 1 is 1.44 bits per heavy atom. The van der Waals surface area contributed by atoms with Crippen LogP contribution in [0.3, 0.4) is 0 Å². The van der Waals surface area contributed by atoms with Crippen LogP contribution in [0.5, 0.6) is 0 Å². The predicted octanol–water partition coefficient (Wildman–Crippen LogP) is 2.05. The molecule has 2 aliphatic rings. The molecule has 3 rings (SSSR count). The van der Waals surface area contributed by atoms with Gasteiger partial charge in [0.25, 0.3) is 0 Å². The van der Waals surface area contributed by atoms with Crippen molar-refractivity contribution in [1.29, 1.82) is 0 Å². The van der Waals surface area contributed by atoms with Crippen molar-refractivity contribution < 1.29 is 4.74 Å². The number of rotatable bonds is 2. The van der Waals surface area contributed by atoms with Gasteiger partial charge in [-0.25, -0.2) is 4.98 Å². The molecule has 0 aromatic carbocycles. The van der Waals surface area contributed by atoms with Crippen LogP contribution >= 0.6 is 11.6 Å². The molecule has 3 heterocycles. The molecule has 4 nitrogen and oxygen atoms in total. The van der Waals surface area contributed by atoms with E-state index >= 15 is 0 Å². The molecule has 0 amide bonds. The van der Waals surface area contributed by atoms with Crippen LogP contribution in [-0.4, -0.2) is 23.2 Å². The van der Waals surface area contributed by atoms with Gasteiger partial charge < -0.3 is 15.8 Å². The molecule has 3 N–H and O–H groups in total. The molecule has 2 fully saturated rings. The third-order valence-electron chi connectivity index (χ3n) is 3.32. The number of anilines is 2. The van der Waals surface area contributed by atoms with Gasteiger partial charge in [-0.3, -0.25) is 0 Å². The van der Waals surface area contributed by atoms with Gasteiger partial charge in [-0.05, 0) is 31.4 Å². The predicted molar refractivity (Wildman–Crippen MR) is 63.6 cm³/mol. The van der Waals surface area contributed by atoms with Crippen molar-refractivity contribution in [1.82, 2.24) is 4.98 Å². The molecule has 0 aliphatic carbocycles. The zero-order valence-corrected chi connectivity index (χ0v) is 9.57. The Kier molecular flexibility index (Phi) is 2.41. The van der Waals surface area contributed by atoms with E-state index in [1.54, 1.807) is 12.1 Å². The standard InChI is InChI=1S/C11H14ClN3O/c12-10-4-2-7(13)11(15-10)14-8-5-6-1-3-9(8)16-6/h2,4,6,8-9H,1,3,5,13H2,(H,14,15). The first-order valence-electron chi connectivity index (χ1n) is 5.56. The Morgan fingerprint density at radius 2 is 2.31 bits per heavy atom. The summed E-state index contributed by atoms with van der Waals surface area (Å²) in [4.78, 5) is 4.19. The zero-order chi connectivity index (χ0) is 11.1. The SMILES string of the molecule is Nc1ccc(Cl)nc1NC1CC2CCC1O2.